The van der Waals surface area contributed by atoms with Crippen molar-refractivity contribution in [3.05, 3.63) is 0 Å². The number of carbonyl (C=O) groups is 1. The second-order valence-corrected chi connectivity index (χ2v) is 4.19. The van der Waals surface area contributed by atoms with Crippen LogP contribution in [0.5, 0.6) is 0 Å². The molecule has 3 atom stereocenters. The molecule has 76 valence electrons. The van der Waals surface area contributed by atoms with Gasteiger partial charge in [0.25, 0.3) is 0 Å². The predicted octanol–water partition coefficient (Wildman–Crippen LogP) is 1.20. The van der Waals surface area contributed by atoms with Crippen LogP contribution in [-0.4, -0.2) is 23.8 Å². The molecule has 0 unspecified atom stereocenters. The molecule has 1 rings (SSSR count). The molecule has 0 aliphatic carbocycles. The van der Waals surface area contributed by atoms with E-state index < -0.39 is 6.10 Å². The molecule has 0 aromatic heterocycles. The van der Waals surface area contributed by atoms with Crippen molar-refractivity contribution >= 4 is 5.97 Å². The molecule has 1 fully saturated rings. The lowest BCUT2D eigenvalue weighted by molar-refractivity contribution is -0.163. The van der Waals surface area contributed by atoms with Gasteiger partial charge in [0.1, 0.15) is 0 Å². The summed E-state index contributed by atoms with van der Waals surface area (Å²) in [6, 6.07) is 0. The minimum atomic E-state index is -0.567. The van der Waals surface area contributed by atoms with E-state index in [1.54, 1.807) is 0 Å². The van der Waals surface area contributed by atoms with Gasteiger partial charge >= 0.3 is 5.97 Å². The Labute approximate surface area is 79.1 Å². The van der Waals surface area contributed by atoms with E-state index in [-0.39, 0.29) is 23.7 Å². The Morgan fingerprint density at radius 2 is 2.15 bits per heavy atom. The second kappa shape index (κ2) is 4.09. The average molecular weight is 186 g/mol. The van der Waals surface area contributed by atoms with Gasteiger partial charge in [-0.15, -0.1) is 0 Å². The van der Waals surface area contributed by atoms with Gasteiger partial charge in [-0.2, -0.15) is 0 Å². The zero-order valence-electron chi connectivity index (χ0n) is 8.49. The van der Waals surface area contributed by atoms with Gasteiger partial charge in [0, 0.05) is 0 Å². The summed E-state index contributed by atoms with van der Waals surface area (Å²) in [6.07, 6.45) is 0.294. The van der Waals surface area contributed by atoms with Gasteiger partial charge in [-0.05, 0) is 18.3 Å². The summed E-state index contributed by atoms with van der Waals surface area (Å²) in [5, 5.41) is 9.79. The first-order valence-electron chi connectivity index (χ1n) is 4.88. The molecule has 0 amide bonds. The van der Waals surface area contributed by atoms with E-state index in [1.165, 1.54) is 0 Å². The Bertz CT molecular complexity index is 189. The van der Waals surface area contributed by atoms with Crippen molar-refractivity contribution in [3.63, 3.8) is 0 Å². The molecule has 0 bridgehead atoms. The van der Waals surface area contributed by atoms with E-state index in [4.69, 9.17) is 4.74 Å². The zero-order valence-corrected chi connectivity index (χ0v) is 8.49. The Hall–Kier alpha value is -0.570. The Morgan fingerprint density at radius 3 is 2.62 bits per heavy atom. The van der Waals surface area contributed by atoms with Crippen molar-refractivity contribution in [3.8, 4) is 0 Å². The second-order valence-electron chi connectivity index (χ2n) is 4.19. The Balaban J connectivity index is 2.68. The van der Waals surface area contributed by atoms with Crippen molar-refractivity contribution < 1.29 is 14.6 Å². The summed E-state index contributed by atoms with van der Waals surface area (Å²) in [5.74, 6) is -0.217. The smallest absolute Gasteiger partial charge is 0.311 e. The molecule has 13 heavy (non-hydrogen) atoms. The molecule has 0 spiro atoms. The van der Waals surface area contributed by atoms with Crippen molar-refractivity contribution in [1.29, 1.82) is 0 Å². The van der Waals surface area contributed by atoms with Gasteiger partial charge in [-0.3, -0.25) is 4.79 Å². The summed E-state index contributed by atoms with van der Waals surface area (Å²) < 4.78 is 4.93. The SMILES string of the molecule is CC(C)[C@@H](O)[C@H]1C(=O)OCC[C@@H]1C. The van der Waals surface area contributed by atoms with E-state index in [0.29, 0.717) is 6.61 Å². The number of ether oxygens (including phenoxy) is 1. The summed E-state index contributed by atoms with van der Waals surface area (Å²) in [7, 11) is 0. The van der Waals surface area contributed by atoms with Crippen LogP contribution in [0.2, 0.25) is 0 Å². The van der Waals surface area contributed by atoms with Crippen LogP contribution in [0, 0.1) is 17.8 Å². The highest BCUT2D eigenvalue weighted by Gasteiger charge is 2.37. The number of aliphatic hydroxyl groups is 1. The third kappa shape index (κ3) is 2.21. The quantitative estimate of drug-likeness (QED) is 0.659. The molecule has 1 aliphatic rings. The number of cyclic esters (lactones) is 1. The number of aliphatic hydroxyl groups excluding tert-OH is 1. The van der Waals surface area contributed by atoms with Crippen molar-refractivity contribution in [1.82, 2.24) is 0 Å². The summed E-state index contributed by atoms with van der Waals surface area (Å²) >= 11 is 0. The molecule has 0 aromatic rings. The fourth-order valence-electron chi connectivity index (χ4n) is 1.74. The summed E-state index contributed by atoms with van der Waals surface area (Å²) in [4.78, 5) is 11.4. The maximum atomic E-state index is 11.4. The molecule has 3 heteroatoms. The van der Waals surface area contributed by atoms with E-state index >= 15 is 0 Å². The largest absolute Gasteiger partial charge is 0.465 e. The first-order chi connectivity index (χ1) is 6.04. The average Bonchev–Trinajstić information content (AvgIpc) is 2.03. The van der Waals surface area contributed by atoms with Crippen molar-refractivity contribution in [2.45, 2.75) is 33.3 Å². The molecule has 3 nitrogen and oxygen atoms in total. The normalized spacial score (nSPS) is 31.6. The number of rotatable bonds is 2. The molecule has 1 saturated heterocycles. The van der Waals surface area contributed by atoms with E-state index in [1.807, 2.05) is 20.8 Å². The molecule has 0 saturated carbocycles. The van der Waals surface area contributed by atoms with Gasteiger partial charge < -0.3 is 9.84 Å². The van der Waals surface area contributed by atoms with Gasteiger partial charge in [-0.1, -0.05) is 20.8 Å². The molecular formula is C10H18O3. The topological polar surface area (TPSA) is 46.5 Å². The lowest BCUT2D eigenvalue weighted by atomic mass is 9.81. The minimum Gasteiger partial charge on any atom is -0.465 e. The van der Waals surface area contributed by atoms with Gasteiger partial charge in [0.2, 0.25) is 0 Å². The van der Waals surface area contributed by atoms with Crippen LogP contribution < -0.4 is 0 Å². The molecule has 1 heterocycles. The van der Waals surface area contributed by atoms with Crippen molar-refractivity contribution in [2.24, 2.45) is 17.8 Å². The van der Waals surface area contributed by atoms with Crippen LogP contribution in [0.1, 0.15) is 27.2 Å². The van der Waals surface area contributed by atoms with Crippen LogP contribution in [0.15, 0.2) is 0 Å². The summed E-state index contributed by atoms with van der Waals surface area (Å²) in [5.41, 5.74) is 0. The first kappa shape index (κ1) is 10.5. The highest BCUT2D eigenvalue weighted by molar-refractivity contribution is 5.74. The molecule has 0 radical (unpaired) electrons. The van der Waals surface area contributed by atoms with Crippen LogP contribution in [-0.2, 0) is 9.53 Å². The first-order valence-corrected chi connectivity index (χ1v) is 4.88. The van der Waals surface area contributed by atoms with Crippen LogP contribution in [0.3, 0.4) is 0 Å². The fraction of sp³-hybridized carbons (Fsp3) is 0.900. The standard InChI is InChI=1S/C10H18O3/c1-6(2)9(11)8-7(3)4-5-13-10(8)12/h6-9,11H,4-5H2,1-3H3/t7-,8-,9+/m0/s1. The third-order valence-electron chi connectivity index (χ3n) is 2.75. The predicted molar refractivity (Wildman–Crippen MR) is 49.1 cm³/mol. The Morgan fingerprint density at radius 1 is 1.54 bits per heavy atom. The van der Waals surface area contributed by atoms with Gasteiger partial charge in [0.15, 0.2) is 0 Å². The minimum absolute atomic E-state index is 0.109. The maximum Gasteiger partial charge on any atom is 0.311 e. The molecule has 1 aliphatic heterocycles. The van der Waals surface area contributed by atoms with E-state index in [0.717, 1.165) is 6.42 Å². The number of hydrogen-bond acceptors (Lipinski definition) is 3. The maximum absolute atomic E-state index is 11.4. The number of carbonyl (C=O) groups excluding carboxylic acids is 1. The number of esters is 1. The zero-order chi connectivity index (χ0) is 10.0. The highest BCUT2D eigenvalue weighted by atomic mass is 16.5. The van der Waals surface area contributed by atoms with Crippen LogP contribution >= 0.6 is 0 Å². The van der Waals surface area contributed by atoms with E-state index in [2.05, 4.69) is 0 Å². The lowest BCUT2D eigenvalue weighted by Crippen LogP contribution is -2.41. The third-order valence-corrected chi connectivity index (χ3v) is 2.75. The monoisotopic (exact) mass is 186 g/mol. The molecule has 0 aromatic carbocycles. The fourth-order valence-corrected chi connectivity index (χ4v) is 1.74. The Kier molecular flexibility index (Phi) is 3.31. The van der Waals surface area contributed by atoms with Gasteiger partial charge in [-0.25, -0.2) is 0 Å². The lowest BCUT2D eigenvalue weighted by Gasteiger charge is -2.32. The van der Waals surface area contributed by atoms with Crippen molar-refractivity contribution in [2.75, 3.05) is 6.61 Å². The van der Waals surface area contributed by atoms with E-state index in [9.17, 15) is 9.90 Å². The molecule has 1 N–H and O–H groups in total. The summed E-state index contributed by atoms with van der Waals surface area (Å²) in [6.45, 7) is 6.33. The van der Waals surface area contributed by atoms with Crippen LogP contribution in [0.25, 0.3) is 0 Å². The highest BCUT2D eigenvalue weighted by Crippen LogP contribution is 2.28. The van der Waals surface area contributed by atoms with Gasteiger partial charge in [0.05, 0.1) is 18.6 Å². The molecular weight excluding hydrogens is 168 g/mol. The number of hydrogen-bond donors (Lipinski definition) is 1. The van der Waals surface area contributed by atoms with Crippen LogP contribution in [0.4, 0.5) is 0 Å².